The van der Waals surface area contributed by atoms with Gasteiger partial charge in [-0.2, -0.15) is 0 Å². The van der Waals surface area contributed by atoms with Crippen LogP contribution in [0.1, 0.15) is 43.5 Å². The number of benzene rings is 3. The number of anilines is 3. The van der Waals surface area contributed by atoms with E-state index in [9.17, 15) is 4.79 Å². The molecule has 5 rings (SSSR count). The highest BCUT2D eigenvalue weighted by Gasteiger charge is 2.40. The number of ether oxygens (including phenoxy) is 2. The molecular weight excluding hydrogens is 500 g/mol. The van der Waals surface area contributed by atoms with Crippen molar-refractivity contribution < 1.29 is 14.3 Å². The minimum absolute atomic E-state index is 0.138. The molecule has 2 aliphatic heterocycles. The Morgan fingerprint density at radius 3 is 2.21 bits per heavy atom. The summed E-state index contributed by atoms with van der Waals surface area (Å²) in [6.45, 7) is 5.58. The normalized spacial score (nSPS) is 17.4. The number of rotatable bonds is 7. The molecular formula is C30H33ClN4O3. The lowest BCUT2D eigenvalue weighted by Crippen LogP contribution is -2.38. The van der Waals surface area contributed by atoms with Gasteiger partial charge in [0.1, 0.15) is 0 Å². The van der Waals surface area contributed by atoms with Gasteiger partial charge in [0.05, 0.1) is 30.6 Å². The lowest BCUT2D eigenvalue weighted by atomic mass is 10.1. The molecule has 2 heterocycles. The van der Waals surface area contributed by atoms with E-state index in [0.29, 0.717) is 22.4 Å². The first-order chi connectivity index (χ1) is 18.4. The summed E-state index contributed by atoms with van der Waals surface area (Å²) in [5.41, 5.74) is 4.71. The second kappa shape index (κ2) is 11.0. The highest BCUT2D eigenvalue weighted by atomic mass is 35.5. The molecule has 0 aromatic heterocycles. The number of methoxy groups -OCH3 is 2. The standard InChI is InChI=1S/C30H33ClN4O3/c1-20-8-11-23(12-9-20)35-30(22-10-15-27(37-3)28(18-22)38-4)34(29(32-35)21(2)36)24-13-14-26(25(31)19-24)33-16-6-5-7-17-33/h8-15,18-19,30H,5-7,16-17H2,1-4H3. The van der Waals surface area contributed by atoms with Crippen molar-refractivity contribution in [3.05, 3.63) is 76.8 Å². The van der Waals surface area contributed by atoms with E-state index >= 15 is 0 Å². The average Bonchev–Trinajstić information content (AvgIpc) is 3.34. The number of aryl methyl sites for hydroxylation is 1. The van der Waals surface area contributed by atoms with E-state index in [-0.39, 0.29) is 5.78 Å². The van der Waals surface area contributed by atoms with Crippen LogP contribution in [0.5, 0.6) is 11.5 Å². The van der Waals surface area contributed by atoms with Crippen molar-refractivity contribution in [1.82, 2.24) is 0 Å². The number of hydrogen-bond donors (Lipinski definition) is 0. The number of ketones is 1. The molecule has 0 bridgehead atoms. The minimum atomic E-state index is -0.451. The van der Waals surface area contributed by atoms with Crippen LogP contribution in [0.25, 0.3) is 0 Å². The molecule has 3 aromatic carbocycles. The third-order valence-electron chi connectivity index (χ3n) is 7.13. The number of carbonyl (C=O) groups excluding carboxylic acids is 1. The summed E-state index contributed by atoms with van der Waals surface area (Å²) in [7, 11) is 3.23. The highest BCUT2D eigenvalue weighted by Crippen LogP contribution is 2.43. The quantitative estimate of drug-likeness (QED) is 0.342. The second-order valence-corrected chi connectivity index (χ2v) is 10.1. The molecule has 1 fully saturated rings. The van der Waals surface area contributed by atoms with Gasteiger partial charge in [-0.3, -0.25) is 9.69 Å². The summed E-state index contributed by atoms with van der Waals surface area (Å²) >= 11 is 6.88. The predicted molar refractivity (Wildman–Crippen MR) is 154 cm³/mol. The molecule has 2 aliphatic rings. The molecule has 3 aromatic rings. The van der Waals surface area contributed by atoms with Gasteiger partial charge in [-0.25, -0.2) is 5.01 Å². The largest absolute Gasteiger partial charge is 0.493 e. The Morgan fingerprint density at radius 1 is 0.895 bits per heavy atom. The monoisotopic (exact) mass is 532 g/mol. The van der Waals surface area contributed by atoms with Gasteiger partial charge in [0.15, 0.2) is 29.3 Å². The third-order valence-corrected chi connectivity index (χ3v) is 7.43. The van der Waals surface area contributed by atoms with Crippen LogP contribution in [0.15, 0.2) is 65.8 Å². The van der Waals surface area contributed by atoms with Crippen molar-refractivity contribution in [3.63, 3.8) is 0 Å². The van der Waals surface area contributed by atoms with Crippen molar-refractivity contribution in [2.45, 2.75) is 39.3 Å². The van der Waals surface area contributed by atoms with E-state index in [1.807, 2.05) is 71.4 Å². The molecule has 8 heteroatoms. The van der Waals surface area contributed by atoms with E-state index in [1.165, 1.54) is 6.42 Å². The molecule has 7 nitrogen and oxygen atoms in total. The van der Waals surface area contributed by atoms with Crippen molar-refractivity contribution in [2.24, 2.45) is 5.10 Å². The van der Waals surface area contributed by atoms with Gasteiger partial charge < -0.3 is 14.4 Å². The van der Waals surface area contributed by atoms with Gasteiger partial charge in [-0.15, -0.1) is 5.10 Å². The second-order valence-electron chi connectivity index (χ2n) is 9.70. The molecule has 198 valence electrons. The molecule has 1 saturated heterocycles. The Bertz CT molecular complexity index is 1350. The lowest BCUT2D eigenvalue weighted by molar-refractivity contribution is -0.111. The number of hydrogen-bond acceptors (Lipinski definition) is 7. The number of amidine groups is 1. The van der Waals surface area contributed by atoms with Crippen molar-refractivity contribution in [1.29, 1.82) is 0 Å². The Labute approximate surface area is 229 Å². The first-order valence-corrected chi connectivity index (χ1v) is 13.3. The van der Waals surface area contributed by atoms with Crippen molar-refractivity contribution in [2.75, 3.05) is 42.1 Å². The summed E-state index contributed by atoms with van der Waals surface area (Å²) in [6.07, 6.45) is 3.13. The van der Waals surface area contributed by atoms with Gasteiger partial charge in [0.2, 0.25) is 0 Å². The minimum Gasteiger partial charge on any atom is -0.493 e. The maximum Gasteiger partial charge on any atom is 0.198 e. The Kier molecular flexibility index (Phi) is 7.47. The maximum atomic E-state index is 13.0. The molecule has 0 saturated carbocycles. The predicted octanol–water partition coefficient (Wildman–Crippen LogP) is 6.58. The Balaban J connectivity index is 1.63. The van der Waals surface area contributed by atoms with Crippen LogP contribution in [0.4, 0.5) is 17.1 Å². The van der Waals surface area contributed by atoms with Crippen molar-refractivity contribution >= 4 is 40.3 Å². The number of carbonyl (C=O) groups is 1. The van der Waals surface area contributed by atoms with Crippen LogP contribution in [0.3, 0.4) is 0 Å². The maximum absolute atomic E-state index is 13.0. The van der Waals surface area contributed by atoms with Crippen LogP contribution < -0.4 is 24.3 Å². The summed E-state index contributed by atoms with van der Waals surface area (Å²) in [5.74, 6) is 1.43. The fourth-order valence-corrected chi connectivity index (χ4v) is 5.47. The molecule has 1 atom stereocenters. The summed E-state index contributed by atoms with van der Waals surface area (Å²) in [4.78, 5) is 17.3. The Hall–Kier alpha value is -3.71. The van der Waals surface area contributed by atoms with Gasteiger partial charge >= 0.3 is 0 Å². The zero-order valence-corrected chi connectivity index (χ0v) is 23.0. The van der Waals surface area contributed by atoms with Gasteiger partial charge in [0, 0.05) is 31.3 Å². The fraction of sp³-hybridized carbons (Fsp3) is 0.333. The van der Waals surface area contributed by atoms with Crippen LogP contribution >= 0.6 is 11.6 Å². The fourth-order valence-electron chi connectivity index (χ4n) is 5.17. The lowest BCUT2D eigenvalue weighted by Gasteiger charge is -2.33. The topological polar surface area (TPSA) is 57.6 Å². The number of piperidine rings is 1. The molecule has 0 N–H and O–H groups in total. The molecule has 38 heavy (non-hydrogen) atoms. The van der Waals surface area contributed by atoms with Gasteiger partial charge in [-0.1, -0.05) is 35.4 Å². The van der Waals surface area contributed by atoms with Crippen LogP contribution in [-0.2, 0) is 4.79 Å². The summed E-state index contributed by atoms with van der Waals surface area (Å²) in [6, 6.07) is 19.9. The molecule has 0 aliphatic carbocycles. The first-order valence-electron chi connectivity index (χ1n) is 12.9. The molecule has 0 radical (unpaired) electrons. The zero-order valence-electron chi connectivity index (χ0n) is 22.3. The number of hydrazone groups is 1. The SMILES string of the molecule is COc1ccc(C2N(c3ccc(C)cc3)N=C(C(C)=O)N2c2ccc(N3CCCCC3)c(Cl)c2)cc1OC. The van der Waals surface area contributed by atoms with Crippen LogP contribution in [-0.4, -0.2) is 38.9 Å². The number of halogens is 1. The highest BCUT2D eigenvalue weighted by molar-refractivity contribution is 6.44. The van der Waals surface area contributed by atoms with E-state index in [2.05, 4.69) is 11.0 Å². The smallest absolute Gasteiger partial charge is 0.198 e. The number of Topliss-reactive ketones (excluding diaryl/α,β-unsaturated/α-hetero) is 1. The zero-order chi connectivity index (χ0) is 26.8. The molecule has 0 amide bonds. The molecule has 0 spiro atoms. The van der Waals surface area contributed by atoms with E-state index < -0.39 is 6.17 Å². The van der Waals surface area contributed by atoms with Crippen LogP contribution in [0.2, 0.25) is 5.02 Å². The van der Waals surface area contributed by atoms with E-state index in [1.54, 1.807) is 21.1 Å². The average molecular weight is 533 g/mol. The van der Waals surface area contributed by atoms with Gasteiger partial charge in [-0.05, 0) is 68.7 Å². The van der Waals surface area contributed by atoms with Crippen molar-refractivity contribution in [3.8, 4) is 11.5 Å². The van der Waals surface area contributed by atoms with Crippen LogP contribution in [0, 0.1) is 6.92 Å². The number of nitrogens with zero attached hydrogens (tertiary/aromatic N) is 4. The molecule has 1 unspecified atom stereocenters. The van der Waals surface area contributed by atoms with E-state index in [0.717, 1.165) is 54.1 Å². The summed E-state index contributed by atoms with van der Waals surface area (Å²) in [5, 5.41) is 7.38. The Morgan fingerprint density at radius 2 is 1.58 bits per heavy atom. The first kappa shape index (κ1) is 25.9. The summed E-state index contributed by atoms with van der Waals surface area (Å²) < 4.78 is 11.1. The third kappa shape index (κ3) is 4.90. The van der Waals surface area contributed by atoms with E-state index in [4.69, 9.17) is 26.2 Å². The van der Waals surface area contributed by atoms with Gasteiger partial charge in [0.25, 0.3) is 0 Å².